The number of ether oxygens (including phenoxy) is 2. The highest BCUT2D eigenvalue weighted by Crippen LogP contribution is 2.31. The van der Waals surface area contributed by atoms with Gasteiger partial charge in [-0.2, -0.15) is 0 Å². The number of benzene rings is 1. The number of nitrogen functional groups attached to an aromatic ring is 1. The summed E-state index contributed by atoms with van der Waals surface area (Å²) in [4.78, 5) is 22.7. The lowest BCUT2D eigenvalue weighted by Crippen LogP contribution is -2.36. The number of amides is 2. The fourth-order valence-electron chi connectivity index (χ4n) is 1.49. The Hall–Kier alpha value is -2.64. The Balaban J connectivity index is 2.89. The van der Waals surface area contributed by atoms with Crippen molar-refractivity contribution in [3.8, 4) is 5.75 Å². The van der Waals surface area contributed by atoms with Gasteiger partial charge < -0.3 is 20.9 Å². The first-order valence-corrected chi connectivity index (χ1v) is 6.16. The molecule has 0 atom stereocenters. The van der Waals surface area contributed by atoms with E-state index in [9.17, 15) is 9.59 Å². The topological polar surface area (TPSA) is 129 Å². The van der Waals surface area contributed by atoms with Crippen LogP contribution in [0.15, 0.2) is 12.1 Å². The van der Waals surface area contributed by atoms with Gasteiger partial charge in [0, 0.05) is 5.56 Å². The van der Waals surface area contributed by atoms with Crippen LogP contribution < -0.4 is 27.1 Å². The summed E-state index contributed by atoms with van der Waals surface area (Å²) in [6.07, 6.45) is -0.678. The Morgan fingerprint density at radius 1 is 1.24 bits per heavy atom. The van der Waals surface area contributed by atoms with E-state index in [-0.39, 0.29) is 17.0 Å². The van der Waals surface area contributed by atoms with Crippen molar-refractivity contribution in [3.05, 3.63) is 17.7 Å². The molecule has 0 bridgehead atoms. The zero-order valence-corrected chi connectivity index (χ0v) is 12.4. The molecule has 0 saturated carbocycles. The molecule has 0 aliphatic carbocycles. The fraction of sp³-hybridized carbons (Fsp3) is 0.385. The molecule has 0 fully saturated rings. The van der Waals surface area contributed by atoms with Crippen molar-refractivity contribution in [1.29, 1.82) is 0 Å². The molecule has 8 heteroatoms. The van der Waals surface area contributed by atoms with E-state index in [4.69, 9.17) is 20.9 Å². The van der Waals surface area contributed by atoms with Crippen LogP contribution in [0.2, 0.25) is 0 Å². The molecule has 0 aromatic heterocycles. The van der Waals surface area contributed by atoms with Crippen LogP contribution in [0.1, 0.15) is 31.1 Å². The first kappa shape index (κ1) is 16.4. The molecule has 6 N–H and O–H groups in total. The number of hydrogen-bond acceptors (Lipinski definition) is 6. The normalized spacial score (nSPS) is 10.7. The molecule has 1 aromatic rings. The van der Waals surface area contributed by atoms with Gasteiger partial charge in [-0.25, -0.2) is 10.2 Å². The third-order valence-electron chi connectivity index (χ3n) is 2.33. The van der Waals surface area contributed by atoms with Gasteiger partial charge in [-0.05, 0) is 32.9 Å². The maximum absolute atomic E-state index is 11.6. The molecule has 0 radical (unpaired) electrons. The molecule has 1 rings (SSSR count). The van der Waals surface area contributed by atoms with Gasteiger partial charge in [0.2, 0.25) is 5.91 Å². The Bertz CT molecular complexity index is 552. The SMILES string of the molecule is COc1cc(C(N)=O)cc(N)c1NNC(=O)OC(C)(C)C. The minimum absolute atomic E-state index is 0.194. The molecule has 0 spiro atoms. The number of primary amides is 1. The molecule has 21 heavy (non-hydrogen) atoms. The van der Waals surface area contributed by atoms with Crippen LogP contribution in [0.5, 0.6) is 5.75 Å². The molecular formula is C13H20N4O4. The van der Waals surface area contributed by atoms with Crippen LogP contribution in [0.3, 0.4) is 0 Å². The van der Waals surface area contributed by atoms with Crippen molar-refractivity contribution in [2.24, 2.45) is 5.73 Å². The highest BCUT2D eigenvalue weighted by Gasteiger charge is 2.17. The molecule has 116 valence electrons. The Kier molecular flexibility index (Phi) is 4.85. The van der Waals surface area contributed by atoms with E-state index in [1.54, 1.807) is 20.8 Å². The summed E-state index contributed by atoms with van der Waals surface area (Å²) in [5.41, 5.74) is 16.0. The maximum Gasteiger partial charge on any atom is 0.426 e. The van der Waals surface area contributed by atoms with Crippen LogP contribution in [0.25, 0.3) is 0 Å². The lowest BCUT2D eigenvalue weighted by atomic mass is 10.1. The molecule has 8 nitrogen and oxygen atoms in total. The number of hydrazine groups is 1. The number of anilines is 2. The summed E-state index contributed by atoms with van der Waals surface area (Å²) >= 11 is 0. The summed E-state index contributed by atoms with van der Waals surface area (Å²) in [6.45, 7) is 5.22. The van der Waals surface area contributed by atoms with Gasteiger partial charge in [-0.1, -0.05) is 0 Å². The molecule has 0 aliphatic heterocycles. The summed E-state index contributed by atoms with van der Waals surface area (Å²) in [6, 6.07) is 2.79. The van der Waals surface area contributed by atoms with E-state index < -0.39 is 17.6 Å². The standard InChI is InChI=1S/C13H20N4O4/c1-13(2,3)21-12(19)17-16-10-8(14)5-7(11(15)18)6-9(10)20-4/h5-6,16H,14H2,1-4H3,(H2,15,18)(H,17,19). The zero-order chi connectivity index (χ0) is 16.2. The average molecular weight is 296 g/mol. The number of rotatable bonds is 4. The van der Waals surface area contributed by atoms with Crippen molar-refractivity contribution in [3.63, 3.8) is 0 Å². The van der Waals surface area contributed by atoms with E-state index in [0.717, 1.165) is 0 Å². The van der Waals surface area contributed by atoms with Crippen molar-refractivity contribution < 1.29 is 19.1 Å². The molecule has 0 saturated heterocycles. The Morgan fingerprint density at radius 2 is 1.86 bits per heavy atom. The molecule has 1 aromatic carbocycles. The third kappa shape index (κ3) is 4.75. The number of carbonyl (C=O) groups is 2. The Morgan fingerprint density at radius 3 is 2.33 bits per heavy atom. The highest BCUT2D eigenvalue weighted by atomic mass is 16.6. The van der Waals surface area contributed by atoms with Gasteiger partial charge in [0.15, 0.2) is 0 Å². The third-order valence-corrected chi connectivity index (χ3v) is 2.33. The largest absolute Gasteiger partial charge is 0.494 e. The van der Waals surface area contributed by atoms with Crippen LogP contribution in [-0.4, -0.2) is 24.7 Å². The van der Waals surface area contributed by atoms with Gasteiger partial charge in [0.1, 0.15) is 17.0 Å². The van der Waals surface area contributed by atoms with Gasteiger partial charge in [0.05, 0.1) is 12.8 Å². The monoisotopic (exact) mass is 296 g/mol. The lowest BCUT2D eigenvalue weighted by molar-refractivity contribution is 0.0541. The van der Waals surface area contributed by atoms with Gasteiger partial charge in [-0.15, -0.1) is 0 Å². The second-order valence-electron chi connectivity index (χ2n) is 5.26. The smallest absolute Gasteiger partial charge is 0.426 e. The maximum atomic E-state index is 11.6. The summed E-state index contributed by atoms with van der Waals surface area (Å²) < 4.78 is 10.2. The van der Waals surface area contributed by atoms with Crippen LogP contribution in [0.4, 0.5) is 16.2 Å². The van der Waals surface area contributed by atoms with Gasteiger partial charge >= 0.3 is 6.09 Å². The van der Waals surface area contributed by atoms with E-state index in [2.05, 4.69) is 10.9 Å². The quantitative estimate of drug-likeness (QED) is 0.488. The van der Waals surface area contributed by atoms with Crippen LogP contribution in [-0.2, 0) is 4.74 Å². The van der Waals surface area contributed by atoms with Crippen molar-refractivity contribution in [2.45, 2.75) is 26.4 Å². The van der Waals surface area contributed by atoms with Crippen LogP contribution in [0, 0.1) is 0 Å². The molecule has 0 heterocycles. The van der Waals surface area contributed by atoms with E-state index in [0.29, 0.717) is 5.69 Å². The Labute approximate surface area is 122 Å². The van der Waals surface area contributed by atoms with Crippen LogP contribution >= 0.6 is 0 Å². The molecule has 0 aliphatic rings. The lowest BCUT2D eigenvalue weighted by Gasteiger charge is -2.21. The predicted octanol–water partition coefficient (Wildman–Crippen LogP) is 1.23. The van der Waals surface area contributed by atoms with E-state index in [1.165, 1.54) is 19.2 Å². The molecule has 0 unspecified atom stereocenters. The van der Waals surface area contributed by atoms with Gasteiger partial charge in [0.25, 0.3) is 0 Å². The van der Waals surface area contributed by atoms with Crippen molar-refractivity contribution in [1.82, 2.24) is 5.43 Å². The average Bonchev–Trinajstić information content (AvgIpc) is 2.34. The molecule has 2 amide bonds. The number of nitrogens with one attached hydrogen (secondary N) is 2. The van der Waals surface area contributed by atoms with Gasteiger partial charge in [-0.3, -0.25) is 10.2 Å². The van der Waals surface area contributed by atoms with Crippen molar-refractivity contribution >= 4 is 23.4 Å². The second kappa shape index (κ2) is 6.21. The summed E-state index contributed by atoms with van der Waals surface area (Å²) in [7, 11) is 1.40. The second-order valence-corrected chi connectivity index (χ2v) is 5.26. The minimum atomic E-state index is -0.678. The number of hydrogen-bond donors (Lipinski definition) is 4. The minimum Gasteiger partial charge on any atom is -0.494 e. The summed E-state index contributed by atoms with van der Waals surface area (Å²) in [5.74, 6) is -0.369. The van der Waals surface area contributed by atoms with Crippen molar-refractivity contribution in [2.75, 3.05) is 18.3 Å². The van der Waals surface area contributed by atoms with E-state index in [1.807, 2.05) is 0 Å². The fourth-order valence-corrected chi connectivity index (χ4v) is 1.49. The molecular weight excluding hydrogens is 276 g/mol. The zero-order valence-electron chi connectivity index (χ0n) is 12.4. The number of methoxy groups -OCH3 is 1. The first-order valence-electron chi connectivity index (χ1n) is 6.16. The number of nitrogens with two attached hydrogens (primary N) is 2. The predicted molar refractivity (Wildman–Crippen MR) is 78.9 cm³/mol. The number of carbonyl (C=O) groups excluding carboxylic acids is 2. The highest BCUT2D eigenvalue weighted by molar-refractivity contribution is 5.96. The first-order chi connectivity index (χ1) is 9.64. The summed E-state index contributed by atoms with van der Waals surface area (Å²) in [5, 5.41) is 0. The van der Waals surface area contributed by atoms with E-state index >= 15 is 0 Å².